The number of aromatic nitrogens is 1. The summed E-state index contributed by atoms with van der Waals surface area (Å²) in [5.74, 6) is 0.346. The smallest absolute Gasteiger partial charge is 0.410 e. The molecule has 1 aromatic heterocycles. The van der Waals surface area contributed by atoms with Crippen molar-refractivity contribution in [1.29, 1.82) is 0 Å². The van der Waals surface area contributed by atoms with Gasteiger partial charge >= 0.3 is 6.09 Å². The molecule has 1 aliphatic carbocycles. The Balaban J connectivity index is 1.37. The minimum Gasteiger partial charge on any atom is -0.410 e. The van der Waals surface area contributed by atoms with Gasteiger partial charge in [0.2, 0.25) is 5.91 Å². The first kappa shape index (κ1) is 29.3. The SMILES string of the molecule is COCCCc1cc(CN(C(=O)[C@H]2CNCC[C@@H]2c2ccn(C)c(=O)c2)C2CC2)cc(OC(=O)N2CCOCC2)c1. The fraction of sp³-hybridized carbons (Fsp3) is 0.581. The van der Waals surface area contributed by atoms with Gasteiger partial charge in [-0.1, -0.05) is 6.07 Å². The Morgan fingerprint density at radius 1 is 1.10 bits per heavy atom. The average Bonchev–Trinajstić information content (AvgIpc) is 3.83. The van der Waals surface area contributed by atoms with E-state index in [1.807, 2.05) is 23.1 Å². The Kier molecular flexibility index (Phi) is 9.74. The van der Waals surface area contributed by atoms with Gasteiger partial charge in [0.05, 0.1) is 19.1 Å². The summed E-state index contributed by atoms with van der Waals surface area (Å²) in [4.78, 5) is 43.1. The third-order valence-electron chi connectivity index (χ3n) is 8.29. The van der Waals surface area contributed by atoms with E-state index in [2.05, 4.69) is 11.4 Å². The van der Waals surface area contributed by atoms with Crippen molar-refractivity contribution in [3.05, 3.63) is 63.6 Å². The van der Waals surface area contributed by atoms with Crippen molar-refractivity contribution >= 4 is 12.0 Å². The monoisotopic (exact) mass is 566 g/mol. The van der Waals surface area contributed by atoms with Gasteiger partial charge in [-0.15, -0.1) is 0 Å². The largest absolute Gasteiger partial charge is 0.415 e. The number of hydrogen-bond donors (Lipinski definition) is 1. The minimum atomic E-state index is -0.381. The fourth-order valence-electron chi connectivity index (χ4n) is 5.85. The molecule has 0 unspecified atom stereocenters. The van der Waals surface area contributed by atoms with Gasteiger partial charge in [-0.3, -0.25) is 9.59 Å². The normalized spacial score (nSPS) is 21.0. The van der Waals surface area contributed by atoms with Crippen LogP contribution in [0.15, 0.2) is 41.3 Å². The Labute approximate surface area is 241 Å². The Morgan fingerprint density at radius 2 is 1.88 bits per heavy atom. The lowest BCUT2D eigenvalue weighted by atomic mass is 9.80. The number of pyridine rings is 1. The van der Waals surface area contributed by atoms with Gasteiger partial charge in [0.1, 0.15) is 5.75 Å². The maximum absolute atomic E-state index is 14.2. The van der Waals surface area contributed by atoms with Crippen molar-refractivity contribution in [3.8, 4) is 5.75 Å². The van der Waals surface area contributed by atoms with E-state index in [-0.39, 0.29) is 35.4 Å². The zero-order valence-corrected chi connectivity index (χ0v) is 24.2. The van der Waals surface area contributed by atoms with Crippen LogP contribution in [-0.4, -0.2) is 85.5 Å². The molecule has 5 rings (SSSR count). The molecule has 10 heteroatoms. The van der Waals surface area contributed by atoms with Crippen LogP contribution in [0, 0.1) is 5.92 Å². The van der Waals surface area contributed by atoms with E-state index in [9.17, 15) is 14.4 Å². The van der Waals surface area contributed by atoms with Crippen molar-refractivity contribution in [3.63, 3.8) is 0 Å². The quantitative estimate of drug-likeness (QED) is 0.441. The Hall–Kier alpha value is -3.21. The molecule has 1 aromatic carbocycles. The van der Waals surface area contributed by atoms with Crippen LogP contribution in [-0.2, 0) is 34.3 Å². The number of hydrogen-bond acceptors (Lipinski definition) is 7. The van der Waals surface area contributed by atoms with Gasteiger partial charge in [0, 0.05) is 65.2 Å². The Bertz CT molecular complexity index is 1270. The minimum absolute atomic E-state index is 0.00989. The van der Waals surface area contributed by atoms with Crippen LogP contribution in [0.25, 0.3) is 0 Å². The second-order valence-electron chi connectivity index (χ2n) is 11.4. The van der Waals surface area contributed by atoms with E-state index in [1.54, 1.807) is 35.9 Å². The topological polar surface area (TPSA) is 102 Å². The molecule has 10 nitrogen and oxygen atoms in total. The molecule has 3 aliphatic rings. The van der Waals surface area contributed by atoms with Gasteiger partial charge in [0.15, 0.2) is 0 Å². The Morgan fingerprint density at radius 3 is 2.61 bits per heavy atom. The first-order chi connectivity index (χ1) is 19.9. The lowest BCUT2D eigenvalue weighted by molar-refractivity contribution is -0.138. The lowest BCUT2D eigenvalue weighted by Crippen LogP contribution is -2.47. The molecule has 2 aromatic rings. The highest BCUT2D eigenvalue weighted by Crippen LogP contribution is 2.36. The number of benzene rings is 1. The maximum atomic E-state index is 14.2. The number of nitrogens with zero attached hydrogens (tertiary/aromatic N) is 3. The first-order valence-corrected chi connectivity index (χ1v) is 14.8. The molecule has 222 valence electrons. The average molecular weight is 567 g/mol. The summed E-state index contributed by atoms with van der Waals surface area (Å²) < 4.78 is 18.0. The standard InChI is InChI=1S/C31H42N4O6/c1-33-10-8-24(19-29(33)36)27-7-9-32-20-28(27)30(37)35(25-5-6-25)21-23-16-22(4-3-13-39-2)17-26(18-23)41-31(38)34-11-14-40-15-12-34/h8,10,16-19,25,27-28,32H,3-7,9,11-15,20-21H2,1-2H3/t27-,28+/m1/s1. The van der Waals surface area contributed by atoms with Crippen molar-refractivity contribution in [2.75, 3.05) is 53.1 Å². The summed E-state index contributed by atoms with van der Waals surface area (Å²) in [6.07, 6.45) is 5.79. The van der Waals surface area contributed by atoms with Crippen LogP contribution in [0.3, 0.4) is 0 Å². The van der Waals surface area contributed by atoms with Crippen LogP contribution in [0.4, 0.5) is 4.79 Å². The third-order valence-corrected chi connectivity index (χ3v) is 8.29. The maximum Gasteiger partial charge on any atom is 0.415 e. The molecule has 2 aliphatic heterocycles. The summed E-state index contributed by atoms with van der Waals surface area (Å²) in [5.41, 5.74) is 2.86. The molecule has 1 N–H and O–H groups in total. The molecule has 3 heterocycles. The number of ether oxygens (including phenoxy) is 3. The van der Waals surface area contributed by atoms with Crippen molar-refractivity contribution in [1.82, 2.24) is 19.7 Å². The predicted molar refractivity (Wildman–Crippen MR) is 154 cm³/mol. The predicted octanol–water partition coefficient (Wildman–Crippen LogP) is 2.68. The number of aryl methyl sites for hydroxylation is 2. The summed E-state index contributed by atoms with van der Waals surface area (Å²) in [6, 6.07) is 9.76. The van der Waals surface area contributed by atoms with Gasteiger partial charge < -0.3 is 33.9 Å². The molecular weight excluding hydrogens is 524 g/mol. The van der Waals surface area contributed by atoms with Gasteiger partial charge in [0.25, 0.3) is 5.56 Å². The number of piperidine rings is 1. The van der Waals surface area contributed by atoms with Crippen molar-refractivity contribution in [2.24, 2.45) is 13.0 Å². The van der Waals surface area contributed by atoms with E-state index in [4.69, 9.17) is 14.2 Å². The van der Waals surface area contributed by atoms with Crippen LogP contribution in [0.2, 0.25) is 0 Å². The molecule has 1 saturated carbocycles. The van der Waals surface area contributed by atoms with E-state index >= 15 is 0 Å². The number of carbonyl (C=O) groups is 2. The molecule has 2 atom stereocenters. The molecule has 2 saturated heterocycles. The highest BCUT2D eigenvalue weighted by atomic mass is 16.6. The van der Waals surface area contributed by atoms with Crippen LogP contribution in [0.1, 0.15) is 48.3 Å². The molecule has 0 spiro atoms. The number of methoxy groups -OCH3 is 1. The second kappa shape index (κ2) is 13.6. The fourth-order valence-corrected chi connectivity index (χ4v) is 5.85. The zero-order valence-electron chi connectivity index (χ0n) is 24.2. The van der Waals surface area contributed by atoms with Gasteiger partial charge in [-0.25, -0.2) is 4.79 Å². The van der Waals surface area contributed by atoms with E-state index < -0.39 is 0 Å². The number of rotatable bonds is 10. The lowest BCUT2D eigenvalue weighted by Gasteiger charge is -2.36. The van der Waals surface area contributed by atoms with Crippen LogP contribution >= 0.6 is 0 Å². The summed E-state index contributed by atoms with van der Waals surface area (Å²) in [6.45, 7) is 4.51. The molecule has 41 heavy (non-hydrogen) atoms. The second-order valence-corrected chi connectivity index (χ2v) is 11.4. The van der Waals surface area contributed by atoms with Gasteiger partial charge in [-0.2, -0.15) is 0 Å². The van der Waals surface area contributed by atoms with E-state index in [0.29, 0.717) is 51.7 Å². The molecule has 2 amide bonds. The van der Waals surface area contributed by atoms with Crippen molar-refractivity contribution in [2.45, 2.75) is 50.6 Å². The summed E-state index contributed by atoms with van der Waals surface area (Å²) >= 11 is 0. The highest BCUT2D eigenvalue weighted by molar-refractivity contribution is 5.81. The highest BCUT2D eigenvalue weighted by Gasteiger charge is 2.40. The zero-order chi connectivity index (χ0) is 28.8. The number of morpholine rings is 1. The molecule has 0 bridgehead atoms. The first-order valence-electron chi connectivity index (χ1n) is 14.8. The van der Waals surface area contributed by atoms with Crippen molar-refractivity contribution < 1.29 is 23.8 Å². The van der Waals surface area contributed by atoms with E-state index in [1.165, 1.54) is 0 Å². The molecule has 3 fully saturated rings. The van der Waals surface area contributed by atoms with E-state index in [0.717, 1.165) is 55.3 Å². The number of nitrogens with one attached hydrogen (secondary N) is 1. The number of amides is 2. The van der Waals surface area contributed by atoms with Crippen LogP contribution < -0.4 is 15.6 Å². The summed E-state index contributed by atoms with van der Waals surface area (Å²) in [7, 11) is 3.42. The van der Waals surface area contributed by atoms with Crippen LogP contribution in [0.5, 0.6) is 5.75 Å². The van der Waals surface area contributed by atoms with Gasteiger partial charge in [-0.05, 0) is 79.5 Å². The molecule has 0 radical (unpaired) electrons. The third kappa shape index (κ3) is 7.55. The molecular formula is C31H42N4O6. The number of carbonyl (C=O) groups excluding carboxylic acids is 2. The summed E-state index contributed by atoms with van der Waals surface area (Å²) in [5, 5.41) is 3.41.